The lowest BCUT2D eigenvalue weighted by Crippen LogP contribution is -2.24. The Balaban J connectivity index is 2.16. The number of nitrogens with one attached hydrogen (secondary N) is 2. The topological polar surface area (TPSA) is 62.7 Å². The number of nitrogens with zero attached hydrogens (tertiary/aromatic N) is 2. The Morgan fingerprint density at radius 2 is 2.24 bits per heavy atom. The van der Waals surface area contributed by atoms with E-state index in [4.69, 9.17) is 12.2 Å². The van der Waals surface area contributed by atoms with E-state index in [0.29, 0.717) is 0 Å². The van der Waals surface area contributed by atoms with Crippen LogP contribution in [-0.2, 0) is 19.8 Å². The van der Waals surface area contributed by atoms with Crippen molar-refractivity contribution in [3.05, 3.63) is 46.0 Å². The van der Waals surface area contributed by atoms with Crippen LogP contribution < -0.4 is 5.32 Å². The van der Waals surface area contributed by atoms with Crippen molar-refractivity contribution in [1.82, 2.24) is 20.1 Å². The van der Waals surface area contributed by atoms with Gasteiger partial charge in [-0.2, -0.15) is 18.3 Å². The normalized spacial score (nSPS) is 11.4. The number of aromatic amines is 1. The lowest BCUT2D eigenvalue weighted by atomic mass is 10.2. The minimum Gasteiger partial charge on any atom is -0.352 e. The van der Waals surface area contributed by atoms with Crippen LogP contribution in [0.5, 0.6) is 0 Å². The standard InChI is InChI=1S/C12H11F3N4OS/c1-19-6-7(9(18-19)12(13,14)15)5-17-10(20)8-3-2-4-16-11(8)21/h2-4,6H,5H2,1H3,(H,16,21)(H,17,20). The summed E-state index contributed by atoms with van der Waals surface area (Å²) in [6.07, 6.45) is -1.79. The fraction of sp³-hybridized carbons (Fsp3) is 0.250. The van der Waals surface area contributed by atoms with Crippen LogP contribution >= 0.6 is 12.2 Å². The molecule has 5 nitrogen and oxygen atoms in total. The van der Waals surface area contributed by atoms with Gasteiger partial charge >= 0.3 is 6.18 Å². The highest BCUT2D eigenvalue weighted by Gasteiger charge is 2.36. The molecule has 2 aromatic rings. The molecule has 2 N–H and O–H groups in total. The van der Waals surface area contributed by atoms with Gasteiger partial charge in [-0.15, -0.1) is 0 Å². The smallest absolute Gasteiger partial charge is 0.352 e. The van der Waals surface area contributed by atoms with Gasteiger partial charge in [-0.3, -0.25) is 9.48 Å². The van der Waals surface area contributed by atoms with E-state index in [0.717, 1.165) is 4.68 Å². The molecule has 0 aliphatic carbocycles. The molecule has 2 rings (SSSR count). The number of pyridine rings is 1. The highest BCUT2D eigenvalue weighted by Crippen LogP contribution is 2.30. The molecule has 0 fully saturated rings. The molecule has 9 heteroatoms. The first-order valence-corrected chi connectivity index (χ1v) is 6.25. The number of carbonyl (C=O) groups excluding carboxylic acids is 1. The molecular formula is C12H11F3N4OS. The van der Waals surface area contributed by atoms with Gasteiger partial charge in [0.1, 0.15) is 4.64 Å². The molecule has 2 aromatic heterocycles. The van der Waals surface area contributed by atoms with E-state index in [2.05, 4.69) is 15.4 Å². The summed E-state index contributed by atoms with van der Waals surface area (Å²) in [4.78, 5) is 14.6. The molecule has 0 aliphatic heterocycles. The number of hydrogen-bond acceptors (Lipinski definition) is 3. The zero-order valence-electron chi connectivity index (χ0n) is 10.9. The third-order valence-corrected chi connectivity index (χ3v) is 3.01. The van der Waals surface area contributed by atoms with E-state index in [-0.39, 0.29) is 22.3 Å². The van der Waals surface area contributed by atoms with Gasteiger partial charge in [0.25, 0.3) is 5.91 Å². The van der Waals surface area contributed by atoms with Crippen molar-refractivity contribution in [3.63, 3.8) is 0 Å². The van der Waals surface area contributed by atoms with Gasteiger partial charge in [-0.1, -0.05) is 12.2 Å². The lowest BCUT2D eigenvalue weighted by Gasteiger charge is -2.07. The second-order valence-corrected chi connectivity index (χ2v) is 4.68. The van der Waals surface area contributed by atoms with Crippen LogP contribution in [0.25, 0.3) is 0 Å². The summed E-state index contributed by atoms with van der Waals surface area (Å²) in [5.41, 5.74) is -0.919. The molecule has 2 heterocycles. The fourth-order valence-electron chi connectivity index (χ4n) is 1.78. The number of aryl methyl sites for hydroxylation is 1. The molecule has 112 valence electrons. The predicted octanol–water partition coefficient (Wildman–Crippen LogP) is 2.43. The quantitative estimate of drug-likeness (QED) is 0.855. The van der Waals surface area contributed by atoms with Crippen molar-refractivity contribution < 1.29 is 18.0 Å². The molecule has 0 radical (unpaired) electrons. The van der Waals surface area contributed by atoms with Crippen LogP contribution in [0.4, 0.5) is 13.2 Å². The van der Waals surface area contributed by atoms with E-state index in [1.807, 2.05) is 0 Å². The molecule has 0 aromatic carbocycles. The second-order valence-electron chi connectivity index (χ2n) is 4.27. The number of halogens is 3. The summed E-state index contributed by atoms with van der Waals surface area (Å²) in [5, 5.41) is 5.77. The number of hydrogen-bond donors (Lipinski definition) is 2. The van der Waals surface area contributed by atoms with Crippen LogP contribution in [-0.4, -0.2) is 20.7 Å². The average Bonchev–Trinajstić information content (AvgIpc) is 2.78. The van der Waals surface area contributed by atoms with Crippen LogP contribution in [0.2, 0.25) is 0 Å². The predicted molar refractivity (Wildman–Crippen MR) is 71.0 cm³/mol. The van der Waals surface area contributed by atoms with Crippen LogP contribution in [0.3, 0.4) is 0 Å². The van der Waals surface area contributed by atoms with Crippen molar-refractivity contribution in [2.75, 3.05) is 0 Å². The number of alkyl halides is 3. The molecule has 0 bridgehead atoms. The maximum absolute atomic E-state index is 12.8. The number of aromatic nitrogens is 3. The van der Waals surface area contributed by atoms with Crippen molar-refractivity contribution in [3.8, 4) is 0 Å². The largest absolute Gasteiger partial charge is 0.435 e. The maximum atomic E-state index is 12.8. The maximum Gasteiger partial charge on any atom is 0.435 e. The first-order valence-electron chi connectivity index (χ1n) is 5.84. The number of carbonyl (C=O) groups is 1. The summed E-state index contributed by atoms with van der Waals surface area (Å²) in [6.45, 7) is -0.287. The first kappa shape index (κ1) is 15.2. The molecule has 0 atom stereocenters. The highest BCUT2D eigenvalue weighted by atomic mass is 32.1. The molecule has 0 aliphatic rings. The summed E-state index contributed by atoms with van der Waals surface area (Å²) in [7, 11) is 1.38. The molecule has 21 heavy (non-hydrogen) atoms. The van der Waals surface area contributed by atoms with Gasteiger partial charge in [0, 0.05) is 31.5 Å². The average molecular weight is 316 g/mol. The molecule has 0 saturated carbocycles. The van der Waals surface area contributed by atoms with Gasteiger partial charge < -0.3 is 10.3 Å². The molecule has 0 saturated heterocycles. The number of amides is 1. The first-order chi connectivity index (χ1) is 9.79. The summed E-state index contributed by atoms with van der Waals surface area (Å²) >= 11 is 4.94. The van der Waals surface area contributed by atoms with Crippen LogP contribution in [0.1, 0.15) is 21.6 Å². The van der Waals surface area contributed by atoms with Gasteiger partial charge in [0.05, 0.1) is 5.56 Å². The van der Waals surface area contributed by atoms with Gasteiger partial charge in [0.15, 0.2) is 5.69 Å². The molecule has 1 amide bonds. The molecular weight excluding hydrogens is 305 g/mol. The third-order valence-electron chi connectivity index (χ3n) is 2.68. The van der Waals surface area contributed by atoms with Crippen molar-refractivity contribution in [2.24, 2.45) is 7.05 Å². The Hall–Kier alpha value is -2.16. The van der Waals surface area contributed by atoms with E-state index in [9.17, 15) is 18.0 Å². The van der Waals surface area contributed by atoms with Crippen LogP contribution in [0.15, 0.2) is 24.5 Å². The number of rotatable bonds is 3. The Labute approximate surface area is 122 Å². The minimum absolute atomic E-state index is 0.107. The third kappa shape index (κ3) is 3.48. The molecule has 0 spiro atoms. The van der Waals surface area contributed by atoms with Crippen molar-refractivity contribution >= 4 is 18.1 Å². The van der Waals surface area contributed by atoms with Crippen LogP contribution in [0, 0.1) is 4.64 Å². The second kappa shape index (κ2) is 5.68. The van der Waals surface area contributed by atoms with Gasteiger partial charge in [-0.25, -0.2) is 0 Å². The Morgan fingerprint density at radius 3 is 2.86 bits per heavy atom. The zero-order valence-corrected chi connectivity index (χ0v) is 11.7. The minimum atomic E-state index is -4.56. The van der Waals surface area contributed by atoms with Gasteiger partial charge in [-0.05, 0) is 12.1 Å². The number of H-pyrrole nitrogens is 1. The van der Waals surface area contributed by atoms with Crippen molar-refractivity contribution in [2.45, 2.75) is 12.7 Å². The fourth-order valence-corrected chi connectivity index (χ4v) is 2.01. The summed E-state index contributed by atoms with van der Waals surface area (Å²) in [5.74, 6) is -0.547. The molecule has 0 unspecified atom stereocenters. The highest BCUT2D eigenvalue weighted by molar-refractivity contribution is 7.71. The Morgan fingerprint density at radius 1 is 1.52 bits per heavy atom. The SMILES string of the molecule is Cn1cc(CNC(=O)c2ccc[nH]c2=S)c(C(F)(F)F)n1. The van der Waals surface area contributed by atoms with E-state index >= 15 is 0 Å². The van der Waals surface area contributed by atoms with Gasteiger partial charge in [0.2, 0.25) is 0 Å². The van der Waals surface area contributed by atoms with E-state index in [1.54, 1.807) is 12.3 Å². The zero-order chi connectivity index (χ0) is 15.6. The van der Waals surface area contributed by atoms with Crippen molar-refractivity contribution in [1.29, 1.82) is 0 Å². The monoisotopic (exact) mass is 316 g/mol. The Bertz CT molecular complexity index is 720. The summed E-state index contributed by atoms with van der Waals surface area (Å²) < 4.78 is 39.6. The van der Waals surface area contributed by atoms with E-state index < -0.39 is 17.8 Å². The summed E-state index contributed by atoms with van der Waals surface area (Å²) in [6, 6.07) is 3.07. The van der Waals surface area contributed by atoms with E-state index in [1.165, 1.54) is 19.3 Å². The Kier molecular flexibility index (Phi) is 4.12. The lowest BCUT2D eigenvalue weighted by molar-refractivity contribution is -0.142.